The van der Waals surface area contributed by atoms with Crippen LogP contribution in [0, 0.1) is 0 Å². The van der Waals surface area contributed by atoms with Gasteiger partial charge < -0.3 is 10.1 Å². The predicted octanol–water partition coefficient (Wildman–Crippen LogP) is 3.71. The predicted molar refractivity (Wildman–Crippen MR) is 73.8 cm³/mol. The van der Waals surface area contributed by atoms with E-state index >= 15 is 0 Å². The fraction of sp³-hybridized carbons (Fsp3) is 0.533. The Balaban J connectivity index is 1.70. The van der Waals surface area contributed by atoms with Gasteiger partial charge in [-0.2, -0.15) is 0 Å². The molecule has 1 aliphatic carbocycles. The van der Waals surface area contributed by atoms with Crippen molar-refractivity contribution in [3.63, 3.8) is 0 Å². The van der Waals surface area contributed by atoms with Gasteiger partial charge >= 0.3 is 0 Å². The van der Waals surface area contributed by atoms with Crippen LogP contribution in [0.5, 0.6) is 0 Å². The molecule has 0 saturated heterocycles. The molecule has 1 saturated carbocycles. The number of amidine groups is 1. The first-order valence-corrected chi connectivity index (χ1v) is 6.97. The van der Waals surface area contributed by atoms with E-state index in [2.05, 4.69) is 17.4 Å². The molecule has 2 aliphatic rings. The van der Waals surface area contributed by atoms with Gasteiger partial charge in [0.15, 0.2) is 0 Å². The van der Waals surface area contributed by atoms with Crippen molar-refractivity contribution in [1.29, 1.82) is 0 Å². The van der Waals surface area contributed by atoms with Crippen LogP contribution in [0.25, 0.3) is 0 Å². The summed E-state index contributed by atoms with van der Waals surface area (Å²) in [5, 5.41) is 3.29. The SMILES string of the molecule is c1ccc2c(c1)COC(=NC1CCCCCC1)N2. The summed E-state index contributed by atoms with van der Waals surface area (Å²) in [6, 6.07) is 9.41. The third kappa shape index (κ3) is 2.66. The second kappa shape index (κ2) is 5.42. The number of rotatable bonds is 1. The van der Waals surface area contributed by atoms with E-state index in [0.717, 1.165) is 5.69 Å². The molecule has 0 unspecified atom stereocenters. The molecule has 1 aliphatic heterocycles. The average molecular weight is 244 g/mol. The van der Waals surface area contributed by atoms with Gasteiger partial charge in [0.2, 0.25) is 0 Å². The Morgan fingerprint density at radius 3 is 2.67 bits per heavy atom. The van der Waals surface area contributed by atoms with E-state index in [-0.39, 0.29) is 0 Å². The molecule has 0 atom stereocenters. The maximum absolute atomic E-state index is 5.69. The molecular formula is C15H20N2O. The van der Waals surface area contributed by atoms with E-state index in [1.807, 2.05) is 12.1 Å². The third-order valence-corrected chi connectivity index (χ3v) is 3.75. The zero-order valence-electron chi connectivity index (χ0n) is 10.7. The summed E-state index contributed by atoms with van der Waals surface area (Å²) in [6.07, 6.45) is 7.74. The van der Waals surface area contributed by atoms with Gasteiger partial charge in [-0.25, -0.2) is 4.99 Å². The maximum Gasteiger partial charge on any atom is 0.289 e. The summed E-state index contributed by atoms with van der Waals surface area (Å²) in [7, 11) is 0. The first-order valence-electron chi connectivity index (χ1n) is 6.97. The summed E-state index contributed by atoms with van der Waals surface area (Å²) >= 11 is 0. The fourth-order valence-corrected chi connectivity index (χ4v) is 2.69. The topological polar surface area (TPSA) is 33.6 Å². The Morgan fingerprint density at radius 2 is 1.83 bits per heavy atom. The van der Waals surface area contributed by atoms with Crippen molar-refractivity contribution in [1.82, 2.24) is 0 Å². The summed E-state index contributed by atoms with van der Waals surface area (Å²) < 4.78 is 5.69. The number of anilines is 1. The summed E-state index contributed by atoms with van der Waals surface area (Å²) in [6.45, 7) is 0.634. The first-order chi connectivity index (χ1) is 8.92. The molecular weight excluding hydrogens is 224 g/mol. The van der Waals surface area contributed by atoms with Crippen LogP contribution in [0.2, 0.25) is 0 Å². The molecule has 1 N–H and O–H groups in total. The van der Waals surface area contributed by atoms with Gasteiger partial charge in [0.25, 0.3) is 6.02 Å². The van der Waals surface area contributed by atoms with Gasteiger partial charge in [0.1, 0.15) is 6.61 Å². The van der Waals surface area contributed by atoms with Crippen molar-refractivity contribution in [2.24, 2.45) is 4.99 Å². The van der Waals surface area contributed by atoms with Gasteiger partial charge in [0, 0.05) is 11.3 Å². The standard InChI is InChI=1S/C15H20N2O/c1-2-4-9-13(8-3-1)16-15-17-14-10-6-5-7-12(14)11-18-15/h5-7,10,13H,1-4,8-9,11H2,(H,16,17). The van der Waals surface area contributed by atoms with Crippen LogP contribution in [0.15, 0.2) is 29.3 Å². The Morgan fingerprint density at radius 1 is 1.06 bits per heavy atom. The van der Waals surface area contributed by atoms with E-state index in [1.165, 1.54) is 44.1 Å². The lowest BCUT2D eigenvalue weighted by molar-refractivity contribution is 0.281. The van der Waals surface area contributed by atoms with Crippen molar-refractivity contribution in [3.8, 4) is 0 Å². The van der Waals surface area contributed by atoms with Crippen LogP contribution in [0.3, 0.4) is 0 Å². The molecule has 1 aromatic rings. The maximum atomic E-state index is 5.69. The number of hydrogen-bond acceptors (Lipinski definition) is 2. The highest BCUT2D eigenvalue weighted by Gasteiger charge is 2.17. The number of benzene rings is 1. The molecule has 1 fully saturated rings. The minimum Gasteiger partial charge on any atom is -0.460 e. The van der Waals surface area contributed by atoms with Crippen molar-refractivity contribution in [3.05, 3.63) is 29.8 Å². The van der Waals surface area contributed by atoms with E-state index in [4.69, 9.17) is 9.73 Å². The summed E-state index contributed by atoms with van der Waals surface area (Å²) in [4.78, 5) is 4.74. The van der Waals surface area contributed by atoms with E-state index < -0.39 is 0 Å². The number of nitrogens with one attached hydrogen (secondary N) is 1. The van der Waals surface area contributed by atoms with Crippen molar-refractivity contribution in [2.45, 2.75) is 51.2 Å². The highest BCUT2D eigenvalue weighted by molar-refractivity contribution is 5.91. The Hall–Kier alpha value is -1.51. The van der Waals surface area contributed by atoms with Gasteiger partial charge in [-0.3, -0.25) is 0 Å². The lowest BCUT2D eigenvalue weighted by Crippen LogP contribution is -2.24. The van der Waals surface area contributed by atoms with Crippen LogP contribution in [-0.2, 0) is 11.3 Å². The number of nitrogens with zero attached hydrogens (tertiary/aromatic N) is 1. The normalized spacial score (nSPS) is 22.8. The van der Waals surface area contributed by atoms with Crippen LogP contribution < -0.4 is 5.32 Å². The second-order valence-corrected chi connectivity index (χ2v) is 5.15. The van der Waals surface area contributed by atoms with Crippen LogP contribution >= 0.6 is 0 Å². The molecule has 96 valence electrons. The molecule has 3 nitrogen and oxygen atoms in total. The number of hydrogen-bond donors (Lipinski definition) is 1. The van der Waals surface area contributed by atoms with Crippen molar-refractivity contribution < 1.29 is 4.74 Å². The lowest BCUT2D eigenvalue weighted by Gasteiger charge is -2.21. The highest BCUT2D eigenvalue weighted by atomic mass is 16.5. The van der Waals surface area contributed by atoms with E-state index in [0.29, 0.717) is 18.7 Å². The Bertz CT molecular complexity index is 434. The lowest BCUT2D eigenvalue weighted by atomic mass is 10.1. The summed E-state index contributed by atoms with van der Waals surface area (Å²) in [5.41, 5.74) is 2.34. The molecule has 0 bridgehead atoms. The van der Waals surface area contributed by atoms with E-state index in [1.54, 1.807) is 0 Å². The smallest absolute Gasteiger partial charge is 0.289 e. The van der Waals surface area contributed by atoms with Crippen LogP contribution in [0.1, 0.15) is 44.1 Å². The molecule has 0 spiro atoms. The van der Waals surface area contributed by atoms with Gasteiger partial charge in [-0.05, 0) is 18.9 Å². The number of para-hydroxylation sites is 1. The fourth-order valence-electron chi connectivity index (χ4n) is 2.69. The summed E-state index contributed by atoms with van der Waals surface area (Å²) in [5.74, 6) is 0. The first kappa shape index (κ1) is 11.6. The Labute approximate surface area is 108 Å². The van der Waals surface area contributed by atoms with Crippen LogP contribution in [0.4, 0.5) is 5.69 Å². The van der Waals surface area contributed by atoms with Crippen molar-refractivity contribution in [2.75, 3.05) is 5.32 Å². The highest BCUT2D eigenvalue weighted by Crippen LogP contribution is 2.23. The van der Waals surface area contributed by atoms with E-state index in [9.17, 15) is 0 Å². The molecule has 0 aromatic heterocycles. The molecule has 18 heavy (non-hydrogen) atoms. The third-order valence-electron chi connectivity index (χ3n) is 3.75. The van der Waals surface area contributed by atoms with Gasteiger partial charge in [-0.1, -0.05) is 43.9 Å². The van der Waals surface area contributed by atoms with Gasteiger partial charge in [-0.15, -0.1) is 0 Å². The minimum absolute atomic E-state index is 0.445. The zero-order chi connectivity index (χ0) is 12.2. The van der Waals surface area contributed by atoms with Crippen LogP contribution in [-0.4, -0.2) is 12.1 Å². The minimum atomic E-state index is 0.445. The van der Waals surface area contributed by atoms with Crippen molar-refractivity contribution >= 4 is 11.7 Å². The monoisotopic (exact) mass is 244 g/mol. The largest absolute Gasteiger partial charge is 0.460 e. The number of aliphatic imine (C=N–C) groups is 1. The number of fused-ring (bicyclic) bond motifs is 1. The molecule has 3 rings (SSSR count). The molecule has 3 heteroatoms. The Kier molecular flexibility index (Phi) is 3.49. The average Bonchev–Trinajstić information content (AvgIpc) is 2.67. The zero-order valence-corrected chi connectivity index (χ0v) is 10.7. The molecule has 1 aromatic carbocycles. The molecule has 1 heterocycles. The quantitative estimate of drug-likeness (QED) is 0.764. The number of ether oxygens (including phenoxy) is 1. The molecule has 0 amide bonds. The molecule has 0 radical (unpaired) electrons. The van der Waals surface area contributed by atoms with Gasteiger partial charge in [0.05, 0.1) is 6.04 Å². The second-order valence-electron chi connectivity index (χ2n) is 5.15.